The van der Waals surface area contributed by atoms with Crippen LogP contribution in [0.25, 0.3) is 0 Å². The van der Waals surface area contributed by atoms with Crippen molar-refractivity contribution < 1.29 is 19.1 Å². The zero-order valence-corrected chi connectivity index (χ0v) is 13.7. The Morgan fingerprint density at radius 2 is 2.09 bits per heavy atom. The quantitative estimate of drug-likeness (QED) is 0.858. The lowest BCUT2D eigenvalue weighted by Gasteiger charge is -2.31. The van der Waals surface area contributed by atoms with Crippen LogP contribution in [0, 0.1) is 5.92 Å². The molecular weight excluding hydrogens is 296 g/mol. The van der Waals surface area contributed by atoms with Gasteiger partial charge in [0.15, 0.2) is 11.5 Å². The SMILES string of the molecule is COc1cccc(CCC(=O)N2CCCC(C(N)=O)C2)c1OC. The number of hydrogen-bond donors (Lipinski definition) is 1. The largest absolute Gasteiger partial charge is 0.493 e. The first-order valence-corrected chi connectivity index (χ1v) is 7.83. The maximum absolute atomic E-state index is 12.4. The lowest BCUT2D eigenvalue weighted by Crippen LogP contribution is -2.44. The number of amides is 2. The van der Waals surface area contributed by atoms with Gasteiger partial charge in [0.2, 0.25) is 11.8 Å². The molecule has 1 atom stereocenters. The molecule has 2 N–H and O–H groups in total. The third kappa shape index (κ3) is 4.15. The second-order valence-corrected chi connectivity index (χ2v) is 5.73. The summed E-state index contributed by atoms with van der Waals surface area (Å²) in [6, 6.07) is 5.63. The van der Waals surface area contributed by atoms with Gasteiger partial charge in [0.25, 0.3) is 0 Å². The van der Waals surface area contributed by atoms with Gasteiger partial charge in [-0.25, -0.2) is 0 Å². The molecule has 1 unspecified atom stereocenters. The highest BCUT2D eigenvalue weighted by Gasteiger charge is 2.26. The third-order valence-corrected chi connectivity index (χ3v) is 4.27. The highest BCUT2D eigenvalue weighted by molar-refractivity contribution is 5.80. The van der Waals surface area contributed by atoms with Gasteiger partial charge in [-0.15, -0.1) is 0 Å². The van der Waals surface area contributed by atoms with E-state index in [1.807, 2.05) is 18.2 Å². The smallest absolute Gasteiger partial charge is 0.222 e. The van der Waals surface area contributed by atoms with Gasteiger partial charge in [-0.2, -0.15) is 0 Å². The molecule has 1 heterocycles. The molecule has 23 heavy (non-hydrogen) atoms. The van der Waals surface area contributed by atoms with Crippen LogP contribution in [-0.4, -0.2) is 44.0 Å². The van der Waals surface area contributed by atoms with Crippen molar-refractivity contribution >= 4 is 11.8 Å². The van der Waals surface area contributed by atoms with E-state index in [0.717, 1.165) is 18.4 Å². The maximum Gasteiger partial charge on any atom is 0.222 e. The summed E-state index contributed by atoms with van der Waals surface area (Å²) in [6.07, 6.45) is 2.52. The van der Waals surface area contributed by atoms with Crippen molar-refractivity contribution in [3.63, 3.8) is 0 Å². The number of para-hydroxylation sites is 1. The number of likely N-dealkylation sites (tertiary alicyclic amines) is 1. The maximum atomic E-state index is 12.4. The molecule has 0 saturated carbocycles. The molecule has 126 valence electrons. The zero-order valence-electron chi connectivity index (χ0n) is 13.7. The van der Waals surface area contributed by atoms with Crippen LogP contribution in [0.1, 0.15) is 24.8 Å². The van der Waals surface area contributed by atoms with Crippen molar-refractivity contribution in [2.75, 3.05) is 27.3 Å². The Hall–Kier alpha value is -2.24. The highest BCUT2D eigenvalue weighted by atomic mass is 16.5. The Morgan fingerprint density at radius 3 is 2.74 bits per heavy atom. The van der Waals surface area contributed by atoms with Crippen LogP contribution < -0.4 is 15.2 Å². The molecule has 0 spiro atoms. The van der Waals surface area contributed by atoms with Gasteiger partial charge >= 0.3 is 0 Å². The molecule has 2 rings (SSSR count). The van der Waals surface area contributed by atoms with Gasteiger partial charge in [-0.3, -0.25) is 9.59 Å². The molecule has 0 radical (unpaired) electrons. The van der Waals surface area contributed by atoms with Crippen LogP contribution in [0.5, 0.6) is 11.5 Å². The fraction of sp³-hybridized carbons (Fsp3) is 0.529. The number of aryl methyl sites for hydroxylation is 1. The van der Waals surface area contributed by atoms with Crippen LogP contribution in [0.15, 0.2) is 18.2 Å². The van der Waals surface area contributed by atoms with E-state index in [9.17, 15) is 9.59 Å². The van der Waals surface area contributed by atoms with E-state index in [-0.39, 0.29) is 17.7 Å². The Morgan fingerprint density at radius 1 is 1.30 bits per heavy atom. The number of nitrogens with two attached hydrogens (primary N) is 1. The van der Waals surface area contributed by atoms with Crippen LogP contribution in [0.2, 0.25) is 0 Å². The fourth-order valence-corrected chi connectivity index (χ4v) is 2.99. The first-order valence-electron chi connectivity index (χ1n) is 7.83. The minimum Gasteiger partial charge on any atom is -0.493 e. The number of piperidine rings is 1. The molecule has 1 aliphatic heterocycles. The molecule has 1 aromatic rings. The summed E-state index contributed by atoms with van der Waals surface area (Å²) in [6.45, 7) is 1.13. The molecule has 1 aromatic carbocycles. The number of ether oxygens (including phenoxy) is 2. The molecule has 0 aliphatic carbocycles. The van der Waals surface area contributed by atoms with E-state index in [4.69, 9.17) is 15.2 Å². The average molecular weight is 320 g/mol. The molecule has 6 nitrogen and oxygen atoms in total. The van der Waals surface area contributed by atoms with E-state index in [2.05, 4.69) is 0 Å². The third-order valence-electron chi connectivity index (χ3n) is 4.27. The monoisotopic (exact) mass is 320 g/mol. The Labute approximate surface area is 136 Å². The summed E-state index contributed by atoms with van der Waals surface area (Å²) in [4.78, 5) is 25.4. The van der Waals surface area contributed by atoms with Gasteiger partial charge in [-0.1, -0.05) is 12.1 Å². The normalized spacial score (nSPS) is 17.7. The number of primary amides is 1. The number of carbonyl (C=O) groups is 2. The predicted molar refractivity (Wildman–Crippen MR) is 86.4 cm³/mol. The Bertz CT molecular complexity index is 574. The van der Waals surface area contributed by atoms with E-state index in [1.165, 1.54) is 0 Å². The molecule has 2 amide bonds. The minimum atomic E-state index is -0.322. The van der Waals surface area contributed by atoms with Crippen LogP contribution in [0.3, 0.4) is 0 Å². The second-order valence-electron chi connectivity index (χ2n) is 5.73. The minimum absolute atomic E-state index is 0.0424. The van der Waals surface area contributed by atoms with Crippen molar-refractivity contribution in [3.8, 4) is 11.5 Å². The standard InChI is InChI=1S/C17H24N2O4/c1-22-14-7-3-5-12(16(14)23-2)8-9-15(20)19-10-4-6-13(11-19)17(18)21/h3,5,7,13H,4,6,8-11H2,1-2H3,(H2,18,21). The summed E-state index contributed by atoms with van der Waals surface area (Å²) in [7, 11) is 3.18. The molecule has 1 aliphatic rings. The average Bonchev–Trinajstić information content (AvgIpc) is 2.59. The van der Waals surface area contributed by atoms with Gasteiger partial charge in [0, 0.05) is 19.5 Å². The second kappa shape index (κ2) is 7.85. The molecule has 6 heteroatoms. The first kappa shape index (κ1) is 17.1. The molecule has 1 saturated heterocycles. The number of rotatable bonds is 6. The Kier molecular flexibility index (Phi) is 5.84. The predicted octanol–water partition coefficient (Wildman–Crippen LogP) is 1.36. The topological polar surface area (TPSA) is 81.9 Å². The van der Waals surface area contributed by atoms with Crippen LogP contribution in [0.4, 0.5) is 0 Å². The molecular formula is C17H24N2O4. The van der Waals surface area contributed by atoms with Crippen molar-refractivity contribution in [2.24, 2.45) is 11.7 Å². The van der Waals surface area contributed by atoms with Crippen molar-refractivity contribution in [1.29, 1.82) is 0 Å². The van der Waals surface area contributed by atoms with Gasteiger partial charge in [-0.05, 0) is 30.9 Å². The summed E-state index contributed by atoms with van der Waals surface area (Å²) in [5.74, 6) is 0.817. The van der Waals surface area contributed by atoms with Crippen LogP contribution in [-0.2, 0) is 16.0 Å². The number of benzene rings is 1. The number of carbonyl (C=O) groups excluding carboxylic acids is 2. The number of hydrogen-bond acceptors (Lipinski definition) is 4. The highest BCUT2D eigenvalue weighted by Crippen LogP contribution is 2.31. The summed E-state index contributed by atoms with van der Waals surface area (Å²) in [5.41, 5.74) is 6.29. The Balaban J connectivity index is 1.98. The van der Waals surface area contributed by atoms with Crippen molar-refractivity contribution in [3.05, 3.63) is 23.8 Å². The number of methoxy groups -OCH3 is 2. The summed E-state index contributed by atoms with van der Waals surface area (Å²) in [5, 5.41) is 0. The van der Waals surface area contributed by atoms with E-state index in [0.29, 0.717) is 37.4 Å². The summed E-state index contributed by atoms with van der Waals surface area (Å²) < 4.78 is 10.7. The van der Waals surface area contributed by atoms with Gasteiger partial charge < -0.3 is 20.1 Å². The van der Waals surface area contributed by atoms with Crippen LogP contribution >= 0.6 is 0 Å². The molecule has 0 aromatic heterocycles. The molecule has 0 bridgehead atoms. The van der Waals surface area contributed by atoms with E-state index in [1.54, 1.807) is 19.1 Å². The van der Waals surface area contributed by atoms with Gasteiger partial charge in [0.05, 0.1) is 20.1 Å². The molecule has 1 fully saturated rings. The lowest BCUT2D eigenvalue weighted by atomic mass is 9.97. The zero-order chi connectivity index (χ0) is 16.8. The van der Waals surface area contributed by atoms with Crippen molar-refractivity contribution in [1.82, 2.24) is 4.90 Å². The van der Waals surface area contributed by atoms with Gasteiger partial charge in [0.1, 0.15) is 0 Å². The van der Waals surface area contributed by atoms with Crippen molar-refractivity contribution in [2.45, 2.75) is 25.7 Å². The fourth-order valence-electron chi connectivity index (χ4n) is 2.99. The lowest BCUT2D eigenvalue weighted by molar-refractivity contribution is -0.134. The summed E-state index contributed by atoms with van der Waals surface area (Å²) >= 11 is 0. The first-order chi connectivity index (χ1) is 11.1. The number of nitrogens with zero attached hydrogens (tertiary/aromatic N) is 1. The van der Waals surface area contributed by atoms with E-state index < -0.39 is 0 Å². The van der Waals surface area contributed by atoms with E-state index >= 15 is 0 Å².